The third-order valence-corrected chi connectivity index (χ3v) is 4.27. The Morgan fingerprint density at radius 2 is 2.11 bits per heavy atom. The molecular weight excluding hydrogens is 227 g/mol. The van der Waals surface area contributed by atoms with Gasteiger partial charge in [-0.1, -0.05) is 6.07 Å². The number of halogens is 1. The first-order valence-electron chi connectivity index (χ1n) is 6.91. The summed E-state index contributed by atoms with van der Waals surface area (Å²) in [5.41, 5.74) is 2.23. The molecule has 1 heterocycles. The molecular formula is C15H21FN2. The second kappa shape index (κ2) is 4.54. The van der Waals surface area contributed by atoms with E-state index < -0.39 is 0 Å². The largest absolute Gasteiger partial charge is 0.366 e. The number of anilines is 1. The van der Waals surface area contributed by atoms with Crippen LogP contribution in [0.1, 0.15) is 25.3 Å². The smallest absolute Gasteiger partial charge is 0.125 e. The first-order chi connectivity index (χ1) is 8.65. The topological polar surface area (TPSA) is 15.3 Å². The molecule has 0 bridgehead atoms. The number of nitrogens with one attached hydrogen (secondary N) is 1. The maximum atomic E-state index is 13.5. The van der Waals surface area contributed by atoms with Gasteiger partial charge in [0.05, 0.1) is 0 Å². The highest BCUT2D eigenvalue weighted by atomic mass is 19.1. The van der Waals surface area contributed by atoms with Crippen molar-refractivity contribution in [2.24, 2.45) is 5.92 Å². The quantitative estimate of drug-likeness (QED) is 0.865. The van der Waals surface area contributed by atoms with E-state index in [1.54, 1.807) is 12.1 Å². The van der Waals surface area contributed by atoms with Crippen LogP contribution < -0.4 is 10.2 Å². The molecule has 98 valence electrons. The van der Waals surface area contributed by atoms with Gasteiger partial charge in [0.2, 0.25) is 0 Å². The van der Waals surface area contributed by atoms with Crippen molar-refractivity contribution in [3.05, 3.63) is 29.6 Å². The van der Waals surface area contributed by atoms with Crippen molar-refractivity contribution in [2.45, 2.75) is 38.8 Å². The van der Waals surface area contributed by atoms with Gasteiger partial charge in [0.25, 0.3) is 0 Å². The van der Waals surface area contributed by atoms with Crippen LogP contribution in [0.15, 0.2) is 18.2 Å². The molecule has 0 radical (unpaired) electrons. The van der Waals surface area contributed by atoms with Gasteiger partial charge in [0.15, 0.2) is 0 Å². The van der Waals surface area contributed by atoms with Gasteiger partial charge in [0.1, 0.15) is 5.82 Å². The minimum Gasteiger partial charge on any atom is -0.366 e. The third-order valence-electron chi connectivity index (χ3n) is 4.27. The molecule has 1 saturated carbocycles. The fourth-order valence-corrected chi connectivity index (χ4v) is 2.93. The van der Waals surface area contributed by atoms with E-state index in [0.29, 0.717) is 12.1 Å². The molecule has 1 aromatic carbocycles. The number of piperazine rings is 1. The highest BCUT2D eigenvalue weighted by Gasteiger charge is 2.36. The molecule has 18 heavy (non-hydrogen) atoms. The predicted octanol–water partition coefficient (Wildman–Crippen LogP) is 2.71. The molecule has 2 atom stereocenters. The molecule has 0 amide bonds. The van der Waals surface area contributed by atoms with Crippen LogP contribution in [-0.4, -0.2) is 25.2 Å². The Morgan fingerprint density at radius 1 is 1.33 bits per heavy atom. The zero-order valence-electron chi connectivity index (χ0n) is 11.1. The highest BCUT2D eigenvalue weighted by molar-refractivity contribution is 5.54. The zero-order valence-corrected chi connectivity index (χ0v) is 11.1. The summed E-state index contributed by atoms with van der Waals surface area (Å²) in [5.74, 6) is 0.707. The van der Waals surface area contributed by atoms with Crippen LogP contribution in [0.25, 0.3) is 0 Å². The molecule has 3 rings (SSSR count). The Balaban J connectivity index is 1.85. The Hall–Kier alpha value is -1.09. The van der Waals surface area contributed by atoms with Crippen LogP contribution in [0, 0.1) is 18.7 Å². The lowest BCUT2D eigenvalue weighted by atomic mass is 10.0. The summed E-state index contributed by atoms with van der Waals surface area (Å²) in [6.07, 6.45) is 2.70. The standard InChI is InChI=1S/C15H21FN2/c1-10-3-6-13(16)7-15(10)18-9-14(12-4-5-12)17-8-11(18)2/h3,6-7,11-12,14,17H,4-5,8-9H2,1-2H3. The van der Waals surface area contributed by atoms with E-state index in [0.717, 1.165) is 24.7 Å². The average Bonchev–Trinajstić information content (AvgIpc) is 3.17. The number of aryl methyl sites for hydroxylation is 1. The molecule has 0 spiro atoms. The maximum Gasteiger partial charge on any atom is 0.125 e. The molecule has 2 aliphatic rings. The minimum atomic E-state index is -0.135. The van der Waals surface area contributed by atoms with Gasteiger partial charge in [0, 0.05) is 30.9 Å². The molecule has 2 nitrogen and oxygen atoms in total. The summed E-state index contributed by atoms with van der Waals surface area (Å²) in [6.45, 7) is 6.28. The summed E-state index contributed by atoms with van der Waals surface area (Å²) in [6, 6.07) is 6.13. The van der Waals surface area contributed by atoms with E-state index >= 15 is 0 Å². The Bertz CT molecular complexity index is 442. The van der Waals surface area contributed by atoms with Crippen molar-refractivity contribution in [1.29, 1.82) is 0 Å². The molecule has 1 saturated heterocycles. The zero-order chi connectivity index (χ0) is 12.7. The Morgan fingerprint density at radius 3 is 2.83 bits per heavy atom. The monoisotopic (exact) mass is 248 g/mol. The first kappa shape index (κ1) is 12.0. The molecule has 1 aliphatic carbocycles. The van der Waals surface area contributed by atoms with E-state index in [4.69, 9.17) is 0 Å². The van der Waals surface area contributed by atoms with Gasteiger partial charge in [-0.3, -0.25) is 0 Å². The van der Waals surface area contributed by atoms with Gasteiger partial charge in [-0.25, -0.2) is 4.39 Å². The van der Waals surface area contributed by atoms with Crippen molar-refractivity contribution in [1.82, 2.24) is 5.32 Å². The number of benzene rings is 1. The van der Waals surface area contributed by atoms with E-state index in [9.17, 15) is 4.39 Å². The number of hydrogen-bond acceptors (Lipinski definition) is 2. The van der Waals surface area contributed by atoms with Crippen LogP contribution in [0.5, 0.6) is 0 Å². The van der Waals surface area contributed by atoms with Crippen molar-refractivity contribution >= 4 is 5.69 Å². The Kier molecular flexibility index (Phi) is 3.02. The molecule has 2 unspecified atom stereocenters. The van der Waals surface area contributed by atoms with Crippen molar-refractivity contribution in [3.8, 4) is 0 Å². The number of hydrogen-bond donors (Lipinski definition) is 1. The van der Waals surface area contributed by atoms with Crippen LogP contribution in [0.4, 0.5) is 10.1 Å². The lowest BCUT2D eigenvalue weighted by Crippen LogP contribution is -2.56. The summed E-state index contributed by atoms with van der Waals surface area (Å²) in [5, 5.41) is 3.63. The van der Waals surface area contributed by atoms with Crippen LogP contribution in [-0.2, 0) is 0 Å². The SMILES string of the molecule is Cc1ccc(F)cc1N1CC(C2CC2)NCC1C. The summed E-state index contributed by atoms with van der Waals surface area (Å²) in [4.78, 5) is 2.37. The lowest BCUT2D eigenvalue weighted by molar-refractivity contribution is 0.375. The second-order valence-corrected chi connectivity index (χ2v) is 5.78. The van der Waals surface area contributed by atoms with Crippen molar-refractivity contribution in [2.75, 3.05) is 18.0 Å². The molecule has 0 aromatic heterocycles. The van der Waals surface area contributed by atoms with Gasteiger partial charge < -0.3 is 10.2 Å². The van der Waals surface area contributed by atoms with E-state index in [1.807, 2.05) is 6.07 Å². The minimum absolute atomic E-state index is 0.135. The van der Waals surface area contributed by atoms with E-state index in [1.165, 1.54) is 18.4 Å². The normalized spacial score (nSPS) is 28.5. The highest BCUT2D eigenvalue weighted by Crippen LogP contribution is 2.35. The van der Waals surface area contributed by atoms with E-state index in [2.05, 4.69) is 24.1 Å². The summed E-state index contributed by atoms with van der Waals surface area (Å²) < 4.78 is 13.5. The van der Waals surface area contributed by atoms with Gasteiger partial charge in [-0.05, 0) is 50.3 Å². The number of nitrogens with zero attached hydrogens (tertiary/aromatic N) is 1. The molecule has 1 N–H and O–H groups in total. The van der Waals surface area contributed by atoms with E-state index in [-0.39, 0.29) is 5.82 Å². The molecule has 2 fully saturated rings. The number of rotatable bonds is 2. The van der Waals surface area contributed by atoms with Crippen molar-refractivity contribution < 1.29 is 4.39 Å². The second-order valence-electron chi connectivity index (χ2n) is 5.78. The van der Waals surface area contributed by atoms with Crippen LogP contribution >= 0.6 is 0 Å². The fourth-order valence-electron chi connectivity index (χ4n) is 2.93. The van der Waals surface area contributed by atoms with Crippen LogP contribution in [0.2, 0.25) is 0 Å². The van der Waals surface area contributed by atoms with Crippen LogP contribution in [0.3, 0.4) is 0 Å². The van der Waals surface area contributed by atoms with Gasteiger partial charge in [-0.2, -0.15) is 0 Å². The van der Waals surface area contributed by atoms with Gasteiger partial charge in [-0.15, -0.1) is 0 Å². The van der Waals surface area contributed by atoms with Gasteiger partial charge >= 0.3 is 0 Å². The fraction of sp³-hybridized carbons (Fsp3) is 0.600. The molecule has 1 aromatic rings. The van der Waals surface area contributed by atoms with Crippen molar-refractivity contribution in [3.63, 3.8) is 0 Å². The summed E-state index contributed by atoms with van der Waals surface area (Å²) >= 11 is 0. The average molecular weight is 248 g/mol. The summed E-state index contributed by atoms with van der Waals surface area (Å²) in [7, 11) is 0. The molecule has 3 heteroatoms. The predicted molar refractivity (Wildman–Crippen MR) is 72.5 cm³/mol. The Labute approximate surface area is 108 Å². The lowest BCUT2D eigenvalue weighted by Gasteiger charge is -2.41. The third kappa shape index (κ3) is 2.24. The maximum absolute atomic E-state index is 13.5. The first-order valence-corrected chi connectivity index (χ1v) is 6.91. The molecule has 1 aliphatic heterocycles.